The summed E-state index contributed by atoms with van der Waals surface area (Å²) in [4.78, 5) is 9.19. The van der Waals surface area contributed by atoms with Crippen LogP contribution in [0.15, 0.2) is 78.0 Å². The van der Waals surface area contributed by atoms with Crippen molar-refractivity contribution in [1.82, 2.24) is 14.3 Å². The number of pyridine rings is 2. The van der Waals surface area contributed by atoms with Crippen LogP contribution in [0, 0.1) is 0 Å². The summed E-state index contributed by atoms with van der Waals surface area (Å²) >= 11 is 6.00. The third kappa shape index (κ3) is 3.87. The van der Waals surface area contributed by atoms with Gasteiger partial charge in [0.2, 0.25) is 10.0 Å². The van der Waals surface area contributed by atoms with E-state index in [-0.39, 0.29) is 11.4 Å². The minimum atomic E-state index is -3.63. The van der Waals surface area contributed by atoms with Gasteiger partial charge in [-0.15, -0.1) is 0 Å². The van der Waals surface area contributed by atoms with Crippen molar-refractivity contribution in [2.24, 2.45) is 0 Å². The molecule has 0 atom stereocenters. The smallest absolute Gasteiger partial charge is 0.243 e. The van der Waals surface area contributed by atoms with Crippen molar-refractivity contribution in [2.75, 3.05) is 11.9 Å². The Morgan fingerprint density at radius 2 is 1.87 bits per heavy atom. The summed E-state index contributed by atoms with van der Waals surface area (Å²) in [5.74, 6) is 0.731. The summed E-state index contributed by atoms with van der Waals surface area (Å²) in [6, 6.07) is 18.2. The van der Waals surface area contributed by atoms with Gasteiger partial charge in [0, 0.05) is 35.3 Å². The van der Waals surface area contributed by atoms with Crippen LogP contribution < -0.4 is 5.32 Å². The standard InChI is InChI=1S/C23H19ClN4O2S/c24-18-5-3-6-20(13-18)31(29,30)28-11-9-21-17(15-28)8-10-25-23(21)27-19-12-16-4-1-2-7-22(16)26-14-19/h1-8,10,12-14H,9,11,15H2,(H,25,27). The predicted molar refractivity (Wildman–Crippen MR) is 122 cm³/mol. The first kappa shape index (κ1) is 19.9. The number of halogens is 1. The van der Waals surface area contributed by atoms with Crippen molar-refractivity contribution in [3.05, 3.63) is 89.2 Å². The number of sulfonamides is 1. The minimum absolute atomic E-state index is 0.207. The number of hydrogen-bond acceptors (Lipinski definition) is 5. The van der Waals surface area contributed by atoms with Gasteiger partial charge in [-0.05, 0) is 48.4 Å². The summed E-state index contributed by atoms with van der Waals surface area (Å²) in [6.07, 6.45) is 4.04. The number of para-hydroxylation sites is 1. The monoisotopic (exact) mass is 450 g/mol. The summed E-state index contributed by atoms with van der Waals surface area (Å²) in [6.45, 7) is 0.662. The SMILES string of the molecule is O=S(=O)(c1cccc(Cl)c1)N1CCc2c(ccnc2Nc2cnc3ccccc3c2)C1. The van der Waals surface area contributed by atoms with Gasteiger partial charge in [-0.25, -0.2) is 13.4 Å². The van der Waals surface area contributed by atoms with Crippen molar-refractivity contribution in [3.63, 3.8) is 0 Å². The fourth-order valence-electron chi connectivity index (χ4n) is 3.83. The van der Waals surface area contributed by atoms with Crippen molar-refractivity contribution < 1.29 is 8.42 Å². The Kier molecular flexibility index (Phi) is 5.09. The van der Waals surface area contributed by atoms with Crippen molar-refractivity contribution in [2.45, 2.75) is 17.9 Å². The molecule has 1 aliphatic heterocycles. The molecule has 0 radical (unpaired) electrons. The van der Waals surface area contributed by atoms with Crippen LogP contribution in [0.25, 0.3) is 10.9 Å². The molecule has 0 unspecified atom stereocenters. The number of rotatable bonds is 4. The third-order valence-corrected chi connectivity index (χ3v) is 7.47. The zero-order valence-corrected chi connectivity index (χ0v) is 18.1. The topological polar surface area (TPSA) is 75.2 Å². The zero-order valence-electron chi connectivity index (χ0n) is 16.5. The summed E-state index contributed by atoms with van der Waals surface area (Å²) in [7, 11) is -3.63. The van der Waals surface area contributed by atoms with Gasteiger partial charge in [-0.1, -0.05) is 35.9 Å². The number of benzene rings is 2. The molecule has 6 nitrogen and oxygen atoms in total. The van der Waals surface area contributed by atoms with Crippen LogP contribution in [0.1, 0.15) is 11.1 Å². The van der Waals surface area contributed by atoms with Gasteiger partial charge in [0.05, 0.1) is 22.3 Å². The quantitative estimate of drug-likeness (QED) is 0.484. The second-order valence-corrected chi connectivity index (χ2v) is 9.76. The van der Waals surface area contributed by atoms with Crippen molar-refractivity contribution in [1.29, 1.82) is 0 Å². The van der Waals surface area contributed by atoms with Crippen LogP contribution in [0.3, 0.4) is 0 Å². The molecule has 156 valence electrons. The molecule has 0 aliphatic carbocycles. The van der Waals surface area contributed by atoms with E-state index in [0.29, 0.717) is 18.0 Å². The van der Waals surface area contributed by atoms with E-state index in [9.17, 15) is 8.42 Å². The normalized spacial score (nSPS) is 14.4. The van der Waals surface area contributed by atoms with E-state index in [1.54, 1.807) is 30.6 Å². The molecule has 1 aliphatic rings. The molecule has 2 aromatic carbocycles. The Morgan fingerprint density at radius 1 is 1.00 bits per heavy atom. The maximum Gasteiger partial charge on any atom is 0.243 e. The Morgan fingerprint density at radius 3 is 2.74 bits per heavy atom. The first-order valence-electron chi connectivity index (χ1n) is 9.85. The Labute approximate surface area is 185 Å². The highest BCUT2D eigenvalue weighted by Crippen LogP contribution is 2.30. The molecule has 0 saturated heterocycles. The van der Waals surface area contributed by atoms with E-state index in [0.717, 1.165) is 33.5 Å². The lowest BCUT2D eigenvalue weighted by Gasteiger charge is -2.29. The number of anilines is 2. The molecule has 0 spiro atoms. The predicted octanol–water partition coefficient (Wildman–Crippen LogP) is 4.77. The average Bonchev–Trinajstić information content (AvgIpc) is 2.79. The van der Waals surface area contributed by atoms with Gasteiger partial charge in [0.15, 0.2) is 0 Å². The molecule has 0 bridgehead atoms. The lowest BCUT2D eigenvalue weighted by Crippen LogP contribution is -2.36. The van der Waals surface area contributed by atoms with Gasteiger partial charge in [0.25, 0.3) is 0 Å². The van der Waals surface area contributed by atoms with E-state index < -0.39 is 10.0 Å². The molecule has 0 saturated carbocycles. The molecule has 3 heterocycles. The number of hydrogen-bond donors (Lipinski definition) is 1. The van der Waals surface area contributed by atoms with Crippen molar-refractivity contribution in [3.8, 4) is 0 Å². The molecule has 4 aromatic rings. The highest BCUT2D eigenvalue weighted by molar-refractivity contribution is 7.89. The molecular formula is C23H19ClN4O2S. The summed E-state index contributed by atoms with van der Waals surface area (Å²) in [5.41, 5.74) is 3.72. The highest BCUT2D eigenvalue weighted by atomic mass is 35.5. The number of nitrogens with one attached hydrogen (secondary N) is 1. The fourth-order valence-corrected chi connectivity index (χ4v) is 5.55. The largest absolute Gasteiger partial charge is 0.339 e. The summed E-state index contributed by atoms with van der Waals surface area (Å²) < 4.78 is 27.6. The van der Waals surface area contributed by atoms with E-state index in [1.807, 2.05) is 36.4 Å². The van der Waals surface area contributed by atoms with Gasteiger partial charge in [0.1, 0.15) is 5.82 Å². The highest BCUT2D eigenvalue weighted by Gasteiger charge is 2.29. The summed E-state index contributed by atoms with van der Waals surface area (Å²) in [5, 5.41) is 4.80. The van der Waals surface area contributed by atoms with E-state index in [1.165, 1.54) is 10.4 Å². The van der Waals surface area contributed by atoms with Gasteiger partial charge in [-0.3, -0.25) is 4.98 Å². The van der Waals surface area contributed by atoms with Crippen LogP contribution in [0.5, 0.6) is 0 Å². The Balaban J connectivity index is 1.42. The first-order chi connectivity index (χ1) is 15.0. The molecule has 5 rings (SSSR count). The van der Waals surface area contributed by atoms with Crippen LogP contribution in [-0.2, 0) is 23.0 Å². The molecular weight excluding hydrogens is 432 g/mol. The number of fused-ring (bicyclic) bond motifs is 2. The van der Waals surface area contributed by atoms with Crippen LogP contribution in [-0.4, -0.2) is 29.2 Å². The Bertz CT molecular complexity index is 1390. The zero-order chi connectivity index (χ0) is 21.4. The Hall–Kier alpha value is -3.00. The van der Waals surface area contributed by atoms with Crippen LogP contribution >= 0.6 is 11.6 Å². The van der Waals surface area contributed by atoms with Crippen LogP contribution in [0.2, 0.25) is 5.02 Å². The maximum absolute atomic E-state index is 13.1. The van der Waals surface area contributed by atoms with E-state index >= 15 is 0 Å². The molecule has 2 aromatic heterocycles. The minimum Gasteiger partial charge on any atom is -0.339 e. The average molecular weight is 451 g/mol. The maximum atomic E-state index is 13.1. The molecule has 31 heavy (non-hydrogen) atoms. The first-order valence-corrected chi connectivity index (χ1v) is 11.7. The molecule has 0 fully saturated rings. The van der Waals surface area contributed by atoms with Crippen LogP contribution in [0.4, 0.5) is 11.5 Å². The van der Waals surface area contributed by atoms with Gasteiger partial charge >= 0.3 is 0 Å². The van der Waals surface area contributed by atoms with E-state index in [4.69, 9.17) is 11.6 Å². The third-order valence-electron chi connectivity index (χ3n) is 5.40. The lowest BCUT2D eigenvalue weighted by atomic mass is 10.0. The fraction of sp³-hybridized carbons (Fsp3) is 0.130. The van der Waals surface area contributed by atoms with E-state index in [2.05, 4.69) is 15.3 Å². The molecule has 0 amide bonds. The molecule has 8 heteroatoms. The second kappa shape index (κ2) is 7.92. The number of nitrogens with zero attached hydrogens (tertiary/aromatic N) is 3. The second-order valence-electron chi connectivity index (χ2n) is 7.38. The molecule has 1 N–H and O–H groups in total. The van der Waals surface area contributed by atoms with Gasteiger partial charge < -0.3 is 5.32 Å². The number of aromatic nitrogens is 2. The lowest BCUT2D eigenvalue weighted by molar-refractivity contribution is 0.391. The van der Waals surface area contributed by atoms with Gasteiger partial charge in [-0.2, -0.15) is 4.31 Å². The van der Waals surface area contributed by atoms with Crippen molar-refractivity contribution >= 4 is 44.0 Å².